The van der Waals surface area contributed by atoms with Crippen LogP contribution in [-0.4, -0.2) is 16.3 Å². The molecule has 21 heavy (non-hydrogen) atoms. The molecular weight excluding hydrogens is 340 g/mol. The molecule has 2 aromatic carbocycles. The summed E-state index contributed by atoms with van der Waals surface area (Å²) < 4.78 is 6.36. The second-order valence-corrected chi connectivity index (χ2v) is 5.00. The van der Waals surface area contributed by atoms with Crippen LogP contribution < -0.4 is 4.74 Å². The van der Waals surface area contributed by atoms with Gasteiger partial charge in [0.15, 0.2) is 0 Å². The molecule has 0 fully saturated rings. The van der Waals surface area contributed by atoms with Gasteiger partial charge in [-0.1, -0.05) is 5.16 Å². The number of benzene rings is 2. The van der Waals surface area contributed by atoms with Gasteiger partial charge in [-0.3, -0.25) is 10.1 Å². The summed E-state index contributed by atoms with van der Waals surface area (Å²) in [4.78, 5) is 10.1. The maximum Gasteiger partial charge on any atom is 0.269 e. The van der Waals surface area contributed by atoms with Crippen LogP contribution in [0.15, 0.2) is 52.1 Å². The molecule has 0 heterocycles. The largest absolute Gasteiger partial charge is 0.488 e. The van der Waals surface area contributed by atoms with Crippen LogP contribution in [-0.2, 0) is 6.61 Å². The zero-order valence-electron chi connectivity index (χ0n) is 10.8. The van der Waals surface area contributed by atoms with Gasteiger partial charge in [0.25, 0.3) is 5.69 Å². The summed E-state index contributed by atoms with van der Waals surface area (Å²) in [7, 11) is 0. The first-order valence-corrected chi connectivity index (χ1v) is 6.72. The lowest BCUT2D eigenvalue weighted by Crippen LogP contribution is -1.97. The molecule has 2 rings (SSSR count). The Morgan fingerprint density at radius 2 is 2.00 bits per heavy atom. The van der Waals surface area contributed by atoms with Crippen LogP contribution in [0.4, 0.5) is 5.69 Å². The number of hydrogen-bond donors (Lipinski definition) is 1. The van der Waals surface area contributed by atoms with Crippen molar-refractivity contribution in [2.24, 2.45) is 5.16 Å². The Balaban J connectivity index is 2.04. The van der Waals surface area contributed by atoms with E-state index in [9.17, 15) is 10.1 Å². The van der Waals surface area contributed by atoms with E-state index in [-0.39, 0.29) is 5.69 Å². The average Bonchev–Trinajstić information content (AvgIpc) is 2.47. The molecule has 7 heteroatoms. The normalized spacial score (nSPS) is 10.7. The van der Waals surface area contributed by atoms with Crippen molar-refractivity contribution in [1.82, 2.24) is 0 Å². The molecule has 108 valence electrons. The molecule has 0 aliphatic carbocycles. The molecule has 0 atom stereocenters. The molecule has 0 saturated carbocycles. The fourth-order valence-corrected chi connectivity index (χ4v) is 2.17. The van der Waals surface area contributed by atoms with Gasteiger partial charge in [0, 0.05) is 12.1 Å². The molecule has 0 bridgehead atoms. The third kappa shape index (κ3) is 4.03. The molecule has 0 amide bonds. The lowest BCUT2D eigenvalue weighted by Gasteiger charge is -2.08. The van der Waals surface area contributed by atoms with Crippen molar-refractivity contribution in [2.45, 2.75) is 6.61 Å². The molecule has 0 spiro atoms. The number of oxime groups is 1. The number of non-ortho nitro benzene ring substituents is 1. The lowest BCUT2D eigenvalue weighted by atomic mass is 10.2. The van der Waals surface area contributed by atoms with Gasteiger partial charge in [-0.25, -0.2) is 0 Å². The standard InChI is InChI=1S/C14H11BrN2O4/c15-13-7-11(8-16-18)3-6-14(13)21-9-10-1-4-12(5-2-10)17(19)20/h1-8,18H,9H2/b16-8-. The second kappa shape index (κ2) is 6.85. The van der Waals surface area contributed by atoms with Crippen LogP contribution in [0.5, 0.6) is 5.75 Å². The molecule has 0 aromatic heterocycles. The van der Waals surface area contributed by atoms with E-state index in [1.54, 1.807) is 30.3 Å². The number of nitro benzene ring substituents is 1. The predicted molar refractivity (Wildman–Crippen MR) is 81.0 cm³/mol. The number of rotatable bonds is 5. The van der Waals surface area contributed by atoms with Crippen molar-refractivity contribution in [3.05, 3.63) is 68.2 Å². The maximum atomic E-state index is 10.6. The van der Waals surface area contributed by atoms with Crippen LogP contribution in [0.25, 0.3) is 0 Å². The summed E-state index contributed by atoms with van der Waals surface area (Å²) in [5, 5.41) is 22.0. The fraction of sp³-hybridized carbons (Fsp3) is 0.0714. The maximum absolute atomic E-state index is 10.6. The van der Waals surface area contributed by atoms with Gasteiger partial charge < -0.3 is 9.94 Å². The lowest BCUT2D eigenvalue weighted by molar-refractivity contribution is -0.384. The number of ether oxygens (including phenoxy) is 1. The van der Waals surface area contributed by atoms with Gasteiger partial charge in [0.1, 0.15) is 12.4 Å². The van der Waals surface area contributed by atoms with E-state index in [1.165, 1.54) is 18.3 Å². The van der Waals surface area contributed by atoms with Gasteiger partial charge in [0.05, 0.1) is 15.6 Å². The first kappa shape index (κ1) is 15.0. The molecule has 0 radical (unpaired) electrons. The van der Waals surface area contributed by atoms with Crippen molar-refractivity contribution in [3.8, 4) is 5.75 Å². The summed E-state index contributed by atoms with van der Waals surface area (Å²) >= 11 is 3.36. The quantitative estimate of drug-likeness (QED) is 0.385. The van der Waals surface area contributed by atoms with Crippen LogP contribution in [0.3, 0.4) is 0 Å². The number of hydrogen-bond acceptors (Lipinski definition) is 5. The summed E-state index contributed by atoms with van der Waals surface area (Å²) in [5.41, 5.74) is 1.60. The summed E-state index contributed by atoms with van der Waals surface area (Å²) in [6, 6.07) is 11.4. The first-order chi connectivity index (χ1) is 10.1. The first-order valence-electron chi connectivity index (χ1n) is 5.93. The zero-order valence-corrected chi connectivity index (χ0v) is 12.4. The highest BCUT2D eigenvalue weighted by atomic mass is 79.9. The molecule has 2 aromatic rings. The van der Waals surface area contributed by atoms with Crippen molar-refractivity contribution in [2.75, 3.05) is 0 Å². The van der Waals surface area contributed by atoms with E-state index in [0.717, 1.165) is 15.6 Å². The second-order valence-electron chi connectivity index (χ2n) is 4.15. The van der Waals surface area contributed by atoms with Crippen molar-refractivity contribution >= 4 is 27.8 Å². The van der Waals surface area contributed by atoms with Crippen molar-refractivity contribution < 1.29 is 14.9 Å². The Hall–Kier alpha value is -2.41. The minimum absolute atomic E-state index is 0.0487. The van der Waals surface area contributed by atoms with Crippen LogP contribution in [0, 0.1) is 10.1 Å². The third-order valence-electron chi connectivity index (χ3n) is 2.70. The van der Waals surface area contributed by atoms with E-state index < -0.39 is 4.92 Å². The van der Waals surface area contributed by atoms with Gasteiger partial charge in [-0.2, -0.15) is 0 Å². The van der Waals surface area contributed by atoms with Gasteiger partial charge in [-0.15, -0.1) is 0 Å². The van der Waals surface area contributed by atoms with Gasteiger partial charge in [-0.05, 0) is 57.4 Å². The van der Waals surface area contributed by atoms with Crippen LogP contribution in [0.2, 0.25) is 0 Å². The van der Waals surface area contributed by atoms with E-state index in [4.69, 9.17) is 9.94 Å². The van der Waals surface area contributed by atoms with E-state index in [2.05, 4.69) is 21.1 Å². The summed E-state index contributed by atoms with van der Waals surface area (Å²) in [6.45, 7) is 0.296. The number of nitro groups is 1. The molecule has 0 saturated heterocycles. The van der Waals surface area contributed by atoms with Crippen molar-refractivity contribution in [1.29, 1.82) is 0 Å². The zero-order chi connectivity index (χ0) is 15.2. The monoisotopic (exact) mass is 350 g/mol. The summed E-state index contributed by atoms with van der Waals surface area (Å²) in [6.07, 6.45) is 1.31. The molecule has 6 nitrogen and oxygen atoms in total. The molecule has 0 aliphatic heterocycles. The van der Waals surface area contributed by atoms with Gasteiger partial charge in [0.2, 0.25) is 0 Å². The minimum atomic E-state index is -0.442. The third-order valence-corrected chi connectivity index (χ3v) is 3.32. The Morgan fingerprint density at radius 1 is 1.29 bits per heavy atom. The smallest absolute Gasteiger partial charge is 0.269 e. The average molecular weight is 351 g/mol. The number of nitrogens with zero attached hydrogens (tertiary/aromatic N) is 2. The molecule has 1 N–H and O–H groups in total. The van der Waals surface area contributed by atoms with Crippen LogP contribution >= 0.6 is 15.9 Å². The number of halogens is 1. The highest BCUT2D eigenvalue weighted by molar-refractivity contribution is 9.10. The molecular formula is C14H11BrN2O4. The SMILES string of the molecule is O=[N+]([O-])c1ccc(COc2ccc(/C=N\O)cc2Br)cc1. The minimum Gasteiger partial charge on any atom is -0.488 e. The summed E-state index contributed by atoms with van der Waals surface area (Å²) in [5.74, 6) is 0.628. The molecule has 0 aliphatic rings. The fourth-order valence-electron chi connectivity index (χ4n) is 1.66. The predicted octanol–water partition coefficient (Wildman–Crippen LogP) is 3.74. The Kier molecular flexibility index (Phi) is 4.89. The molecule has 0 unspecified atom stereocenters. The van der Waals surface area contributed by atoms with E-state index >= 15 is 0 Å². The highest BCUT2D eigenvalue weighted by Gasteiger charge is 2.06. The Morgan fingerprint density at radius 3 is 2.57 bits per heavy atom. The van der Waals surface area contributed by atoms with Crippen molar-refractivity contribution in [3.63, 3.8) is 0 Å². The van der Waals surface area contributed by atoms with Crippen LogP contribution in [0.1, 0.15) is 11.1 Å². The Bertz CT molecular complexity index is 671. The van der Waals surface area contributed by atoms with Gasteiger partial charge >= 0.3 is 0 Å². The topological polar surface area (TPSA) is 85.0 Å². The van der Waals surface area contributed by atoms with E-state index in [0.29, 0.717) is 12.4 Å². The Labute approximate surface area is 128 Å². The highest BCUT2D eigenvalue weighted by Crippen LogP contribution is 2.26. The van der Waals surface area contributed by atoms with E-state index in [1.807, 2.05) is 0 Å².